The average Bonchev–Trinajstić information content (AvgIpc) is 2.86. The lowest BCUT2D eigenvalue weighted by molar-refractivity contribution is 0.0949. The highest BCUT2D eigenvalue weighted by Gasteiger charge is 2.20. The Labute approximate surface area is 221 Å². The second kappa shape index (κ2) is 12.0. The number of amides is 1. The predicted molar refractivity (Wildman–Crippen MR) is 146 cm³/mol. The molecule has 0 spiro atoms. The molecule has 2 aromatic carbocycles. The number of nitrogens with zero attached hydrogens (tertiary/aromatic N) is 4. The van der Waals surface area contributed by atoms with E-state index in [1.807, 2.05) is 48.5 Å². The Hall–Kier alpha value is -2.48. The number of anilines is 2. The summed E-state index contributed by atoms with van der Waals surface area (Å²) >= 11 is 14.0. The molecule has 35 heavy (non-hydrogen) atoms. The number of hydrogen-bond donors (Lipinski definition) is 1. The second-order valence-corrected chi connectivity index (χ2v) is 10.6. The van der Waals surface area contributed by atoms with E-state index in [9.17, 15) is 4.79 Å². The van der Waals surface area contributed by atoms with Crippen LogP contribution in [0.4, 0.5) is 11.5 Å². The van der Waals surface area contributed by atoms with Crippen molar-refractivity contribution in [2.45, 2.75) is 24.8 Å². The molecule has 0 bridgehead atoms. The van der Waals surface area contributed by atoms with E-state index < -0.39 is 0 Å². The molecule has 3 aromatic rings. The van der Waals surface area contributed by atoms with Crippen LogP contribution in [0.25, 0.3) is 0 Å². The topological polar surface area (TPSA) is 61.4 Å². The minimum Gasteiger partial charge on any atom is -0.368 e. The van der Waals surface area contributed by atoms with Gasteiger partial charge in [0.15, 0.2) is 5.16 Å². The summed E-state index contributed by atoms with van der Waals surface area (Å²) in [5.74, 6) is 1.84. The highest BCUT2D eigenvalue weighted by molar-refractivity contribution is 7.98. The Bertz CT molecular complexity index is 1170. The molecule has 184 valence electrons. The van der Waals surface area contributed by atoms with Gasteiger partial charge in [-0.15, -0.1) is 0 Å². The molecule has 0 atom stereocenters. The van der Waals surface area contributed by atoms with Gasteiger partial charge in [0.05, 0.1) is 0 Å². The number of carbonyl (C=O) groups is 1. The Morgan fingerprint density at radius 1 is 1.00 bits per heavy atom. The van der Waals surface area contributed by atoms with Crippen molar-refractivity contribution in [3.63, 3.8) is 0 Å². The molecule has 0 aliphatic carbocycles. The molecule has 4 rings (SSSR count). The standard InChI is InChI=1S/C26H29Cl2N5OS/c1-18(2)16-29-25(34)20-6-3-5-19(13-20)17-35-26-30-23(28)15-24(31-26)33-11-9-32(10-12-33)22-8-4-7-21(27)14-22/h3-8,13-15,18H,9-12,16-17H2,1-2H3,(H,29,34). The lowest BCUT2D eigenvalue weighted by Crippen LogP contribution is -2.46. The molecule has 0 unspecified atom stereocenters. The highest BCUT2D eigenvalue weighted by atomic mass is 35.5. The molecule has 1 N–H and O–H groups in total. The van der Waals surface area contributed by atoms with E-state index in [1.165, 1.54) is 11.8 Å². The van der Waals surface area contributed by atoms with Crippen molar-refractivity contribution in [3.05, 3.63) is 75.9 Å². The Balaban J connectivity index is 1.37. The van der Waals surface area contributed by atoms with Crippen LogP contribution < -0.4 is 15.1 Å². The number of benzene rings is 2. The number of rotatable bonds is 8. The van der Waals surface area contributed by atoms with Crippen LogP contribution in [0.1, 0.15) is 29.8 Å². The van der Waals surface area contributed by atoms with Gasteiger partial charge in [-0.2, -0.15) is 0 Å². The SMILES string of the molecule is CC(C)CNC(=O)c1cccc(CSc2nc(Cl)cc(N3CCN(c4cccc(Cl)c4)CC3)n2)c1. The zero-order valence-corrected chi connectivity index (χ0v) is 22.2. The summed E-state index contributed by atoms with van der Waals surface area (Å²) in [4.78, 5) is 26.1. The average molecular weight is 531 g/mol. The molecule has 1 saturated heterocycles. The van der Waals surface area contributed by atoms with E-state index in [0.29, 0.717) is 34.1 Å². The van der Waals surface area contributed by atoms with E-state index in [1.54, 1.807) is 0 Å². The lowest BCUT2D eigenvalue weighted by atomic mass is 10.1. The third-order valence-electron chi connectivity index (χ3n) is 5.67. The summed E-state index contributed by atoms with van der Waals surface area (Å²) in [6.45, 7) is 8.21. The molecule has 6 nitrogen and oxygen atoms in total. The van der Waals surface area contributed by atoms with Crippen LogP contribution in [0.3, 0.4) is 0 Å². The van der Waals surface area contributed by atoms with Crippen LogP contribution in [0.15, 0.2) is 59.8 Å². The van der Waals surface area contributed by atoms with Crippen molar-refractivity contribution in [1.29, 1.82) is 0 Å². The van der Waals surface area contributed by atoms with E-state index in [0.717, 1.165) is 48.3 Å². The summed E-state index contributed by atoms with van der Waals surface area (Å²) < 4.78 is 0. The number of aromatic nitrogens is 2. The minimum atomic E-state index is -0.0521. The second-order valence-electron chi connectivity index (χ2n) is 8.88. The first-order valence-corrected chi connectivity index (χ1v) is 13.4. The van der Waals surface area contributed by atoms with Gasteiger partial charge >= 0.3 is 0 Å². The smallest absolute Gasteiger partial charge is 0.251 e. The fraction of sp³-hybridized carbons (Fsp3) is 0.346. The number of piperazine rings is 1. The van der Waals surface area contributed by atoms with Gasteiger partial charge in [-0.05, 0) is 41.8 Å². The summed E-state index contributed by atoms with van der Waals surface area (Å²) in [6, 6.07) is 17.4. The third-order valence-corrected chi connectivity index (χ3v) is 7.01. The number of halogens is 2. The van der Waals surface area contributed by atoms with E-state index in [2.05, 4.69) is 40.0 Å². The van der Waals surface area contributed by atoms with Crippen molar-refractivity contribution < 1.29 is 4.79 Å². The Kier molecular flexibility index (Phi) is 8.76. The molecule has 1 aromatic heterocycles. The van der Waals surface area contributed by atoms with Gasteiger partial charge in [-0.25, -0.2) is 9.97 Å². The maximum Gasteiger partial charge on any atom is 0.251 e. The van der Waals surface area contributed by atoms with Gasteiger partial charge in [0.2, 0.25) is 0 Å². The van der Waals surface area contributed by atoms with Crippen LogP contribution in [0, 0.1) is 5.92 Å². The van der Waals surface area contributed by atoms with Gasteiger partial charge in [0.25, 0.3) is 5.91 Å². The van der Waals surface area contributed by atoms with Gasteiger partial charge < -0.3 is 15.1 Å². The van der Waals surface area contributed by atoms with Gasteiger partial charge in [-0.3, -0.25) is 4.79 Å². The molecular formula is C26H29Cl2N5OS. The van der Waals surface area contributed by atoms with Crippen molar-refractivity contribution in [2.24, 2.45) is 5.92 Å². The summed E-state index contributed by atoms with van der Waals surface area (Å²) in [5.41, 5.74) is 2.83. The van der Waals surface area contributed by atoms with Crippen molar-refractivity contribution in [3.8, 4) is 0 Å². The summed E-state index contributed by atoms with van der Waals surface area (Å²) in [6.07, 6.45) is 0. The van der Waals surface area contributed by atoms with Crippen molar-refractivity contribution >= 4 is 52.4 Å². The summed E-state index contributed by atoms with van der Waals surface area (Å²) in [7, 11) is 0. The number of thioether (sulfide) groups is 1. The maximum atomic E-state index is 12.4. The van der Waals surface area contributed by atoms with Gasteiger partial charge in [0, 0.05) is 60.8 Å². The molecule has 0 radical (unpaired) electrons. The van der Waals surface area contributed by atoms with Crippen LogP contribution in [0.2, 0.25) is 10.2 Å². The van der Waals surface area contributed by atoms with Crippen LogP contribution >= 0.6 is 35.0 Å². The third kappa shape index (κ3) is 7.26. The minimum absolute atomic E-state index is 0.0521. The molecular weight excluding hydrogens is 501 g/mol. The predicted octanol–water partition coefficient (Wildman–Crippen LogP) is 5.79. The highest BCUT2D eigenvalue weighted by Crippen LogP contribution is 2.27. The molecule has 1 amide bonds. The number of nitrogens with one attached hydrogen (secondary N) is 1. The Morgan fingerprint density at radius 3 is 2.49 bits per heavy atom. The fourth-order valence-electron chi connectivity index (χ4n) is 3.83. The van der Waals surface area contributed by atoms with Gasteiger partial charge in [0.1, 0.15) is 11.0 Å². The van der Waals surface area contributed by atoms with E-state index in [4.69, 9.17) is 28.2 Å². The number of carbonyl (C=O) groups excluding carboxylic acids is 1. The zero-order valence-electron chi connectivity index (χ0n) is 19.9. The van der Waals surface area contributed by atoms with Crippen molar-refractivity contribution in [2.75, 3.05) is 42.5 Å². The van der Waals surface area contributed by atoms with Crippen LogP contribution in [-0.4, -0.2) is 48.6 Å². The molecule has 0 saturated carbocycles. The summed E-state index contributed by atoms with van der Waals surface area (Å²) in [5, 5.41) is 4.76. The first-order chi connectivity index (χ1) is 16.9. The van der Waals surface area contributed by atoms with Crippen molar-refractivity contribution in [1.82, 2.24) is 15.3 Å². The molecule has 9 heteroatoms. The lowest BCUT2D eigenvalue weighted by Gasteiger charge is -2.36. The van der Waals surface area contributed by atoms with Crippen LogP contribution in [-0.2, 0) is 5.75 Å². The van der Waals surface area contributed by atoms with E-state index in [-0.39, 0.29) is 5.91 Å². The number of hydrogen-bond acceptors (Lipinski definition) is 6. The molecule has 2 heterocycles. The molecule has 1 aliphatic heterocycles. The monoisotopic (exact) mass is 529 g/mol. The first kappa shape index (κ1) is 25.6. The van der Waals surface area contributed by atoms with Gasteiger partial charge in [-0.1, -0.05) is 67.0 Å². The van der Waals surface area contributed by atoms with Crippen LogP contribution in [0.5, 0.6) is 0 Å². The maximum absolute atomic E-state index is 12.4. The zero-order chi connectivity index (χ0) is 24.8. The quantitative estimate of drug-likeness (QED) is 0.226. The first-order valence-electron chi connectivity index (χ1n) is 11.7. The van der Waals surface area contributed by atoms with E-state index >= 15 is 0 Å². The molecule has 1 fully saturated rings. The fourth-order valence-corrected chi connectivity index (χ4v) is 5.04. The largest absolute Gasteiger partial charge is 0.368 e. The Morgan fingerprint density at radius 2 is 1.74 bits per heavy atom. The molecule has 1 aliphatic rings. The normalized spacial score (nSPS) is 13.9.